The summed E-state index contributed by atoms with van der Waals surface area (Å²) in [6.07, 6.45) is 1.64. The third-order valence-corrected chi connectivity index (χ3v) is 4.34. The fourth-order valence-electron chi connectivity index (χ4n) is 2.17. The summed E-state index contributed by atoms with van der Waals surface area (Å²) in [5.41, 5.74) is 3.22. The van der Waals surface area contributed by atoms with Crippen LogP contribution in [0.3, 0.4) is 0 Å². The van der Waals surface area contributed by atoms with Gasteiger partial charge < -0.3 is 0 Å². The number of hydrogen-bond donors (Lipinski definition) is 0. The fraction of sp³-hybridized carbons (Fsp3) is 0.0588. The summed E-state index contributed by atoms with van der Waals surface area (Å²) in [4.78, 5) is 16.9. The third-order valence-electron chi connectivity index (χ3n) is 3.29. The van der Waals surface area contributed by atoms with Gasteiger partial charge in [-0.3, -0.25) is 9.78 Å². The number of aryl methyl sites for hydroxylation is 1. The molecule has 3 rings (SSSR count). The quantitative estimate of drug-likeness (QED) is 0.647. The van der Waals surface area contributed by atoms with Gasteiger partial charge in [0.05, 0.1) is 5.52 Å². The second-order valence-electron chi connectivity index (χ2n) is 4.68. The normalized spacial score (nSPS) is 10.7. The molecule has 0 aliphatic rings. The number of aromatic nitrogens is 1. The molecular formula is C17H12BrNO. The summed E-state index contributed by atoms with van der Waals surface area (Å²) >= 11 is 3.49. The van der Waals surface area contributed by atoms with Crippen LogP contribution in [0, 0.1) is 6.92 Å². The van der Waals surface area contributed by atoms with Gasteiger partial charge in [0, 0.05) is 27.2 Å². The minimum atomic E-state index is -0.0150. The molecule has 1 heterocycles. The number of para-hydroxylation sites is 1. The topological polar surface area (TPSA) is 30.0 Å². The van der Waals surface area contributed by atoms with E-state index in [4.69, 9.17) is 0 Å². The number of hydrogen-bond acceptors (Lipinski definition) is 2. The Morgan fingerprint density at radius 2 is 1.90 bits per heavy atom. The van der Waals surface area contributed by atoms with Crippen LogP contribution < -0.4 is 0 Å². The van der Waals surface area contributed by atoms with Gasteiger partial charge in [0.25, 0.3) is 0 Å². The van der Waals surface area contributed by atoms with Gasteiger partial charge in [-0.15, -0.1) is 0 Å². The van der Waals surface area contributed by atoms with Crippen LogP contribution in [-0.2, 0) is 0 Å². The average Bonchev–Trinajstić information content (AvgIpc) is 2.49. The van der Waals surface area contributed by atoms with Crippen LogP contribution in [0.5, 0.6) is 0 Å². The highest BCUT2D eigenvalue weighted by Crippen LogP contribution is 2.24. The van der Waals surface area contributed by atoms with Crippen molar-refractivity contribution in [1.82, 2.24) is 4.98 Å². The van der Waals surface area contributed by atoms with Crippen LogP contribution in [0.2, 0.25) is 0 Å². The number of pyridine rings is 1. The summed E-state index contributed by atoms with van der Waals surface area (Å²) < 4.78 is 0.846. The summed E-state index contributed by atoms with van der Waals surface area (Å²) in [6, 6.07) is 15.4. The van der Waals surface area contributed by atoms with Gasteiger partial charge in [-0.25, -0.2) is 0 Å². The van der Waals surface area contributed by atoms with Crippen molar-refractivity contribution in [3.8, 4) is 0 Å². The highest BCUT2D eigenvalue weighted by atomic mass is 79.9. The molecule has 0 N–H and O–H groups in total. The van der Waals surface area contributed by atoms with Crippen molar-refractivity contribution in [1.29, 1.82) is 0 Å². The molecule has 0 atom stereocenters. The number of carbonyl (C=O) groups excluding carboxylic acids is 1. The molecule has 3 heteroatoms. The SMILES string of the molecule is Cc1cccc(C(=O)c2cnc3ccccc3c2)c1Br. The Labute approximate surface area is 125 Å². The number of nitrogens with zero attached hydrogens (tertiary/aromatic N) is 1. The maximum absolute atomic E-state index is 12.6. The Hall–Kier alpha value is -2.00. The largest absolute Gasteiger partial charge is 0.289 e. The van der Waals surface area contributed by atoms with E-state index >= 15 is 0 Å². The van der Waals surface area contributed by atoms with E-state index in [0.717, 1.165) is 20.9 Å². The van der Waals surface area contributed by atoms with Crippen molar-refractivity contribution in [3.63, 3.8) is 0 Å². The maximum atomic E-state index is 12.6. The van der Waals surface area contributed by atoms with E-state index in [1.807, 2.05) is 55.5 Å². The molecule has 0 saturated carbocycles. The van der Waals surface area contributed by atoms with E-state index < -0.39 is 0 Å². The van der Waals surface area contributed by atoms with Crippen molar-refractivity contribution < 1.29 is 4.79 Å². The predicted molar refractivity (Wildman–Crippen MR) is 84.1 cm³/mol. The van der Waals surface area contributed by atoms with Crippen molar-refractivity contribution in [2.24, 2.45) is 0 Å². The predicted octanol–water partition coefficient (Wildman–Crippen LogP) is 4.54. The van der Waals surface area contributed by atoms with E-state index in [-0.39, 0.29) is 5.78 Å². The average molecular weight is 326 g/mol. The Morgan fingerprint density at radius 3 is 2.75 bits per heavy atom. The van der Waals surface area contributed by atoms with Gasteiger partial charge in [-0.2, -0.15) is 0 Å². The van der Waals surface area contributed by atoms with Crippen LogP contribution in [0.25, 0.3) is 10.9 Å². The molecule has 0 unspecified atom stereocenters. The lowest BCUT2D eigenvalue weighted by atomic mass is 10.0. The molecule has 1 aromatic heterocycles. The van der Waals surface area contributed by atoms with Gasteiger partial charge in [-0.1, -0.05) is 30.3 Å². The van der Waals surface area contributed by atoms with Crippen LogP contribution in [0.4, 0.5) is 0 Å². The molecule has 0 spiro atoms. The van der Waals surface area contributed by atoms with E-state index in [2.05, 4.69) is 20.9 Å². The summed E-state index contributed by atoms with van der Waals surface area (Å²) in [6.45, 7) is 1.97. The van der Waals surface area contributed by atoms with E-state index in [1.165, 1.54) is 0 Å². The highest BCUT2D eigenvalue weighted by molar-refractivity contribution is 9.10. The molecule has 0 saturated heterocycles. The number of carbonyl (C=O) groups is 1. The van der Waals surface area contributed by atoms with Gasteiger partial charge in [-0.05, 0) is 46.6 Å². The van der Waals surface area contributed by atoms with Crippen LogP contribution in [0.15, 0.2) is 59.2 Å². The first-order chi connectivity index (χ1) is 9.66. The molecule has 2 aromatic carbocycles. The monoisotopic (exact) mass is 325 g/mol. The fourth-order valence-corrected chi connectivity index (χ4v) is 2.62. The molecule has 0 aliphatic carbocycles. The van der Waals surface area contributed by atoms with E-state index in [0.29, 0.717) is 11.1 Å². The third kappa shape index (κ3) is 2.25. The van der Waals surface area contributed by atoms with Crippen molar-refractivity contribution in [3.05, 3.63) is 75.9 Å². The lowest BCUT2D eigenvalue weighted by Crippen LogP contribution is -2.03. The Bertz CT molecular complexity index is 811. The zero-order valence-corrected chi connectivity index (χ0v) is 12.5. The summed E-state index contributed by atoms with van der Waals surface area (Å²) in [5, 5.41) is 0.974. The van der Waals surface area contributed by atoms with Crippen molar-refractivity contribution in [2.45, 2.75) is 6.92 Å². The molecule has 0 bridgehead atoms. The molecule has 98 valence electrons. The standard InChI is InChI=1S/C17H12BrNO/c1-11-5-4-7-14(16(11)18)17(20)13-9-12-6-2-3-8-15(12)19-10-13/h2-10H,1H3. The van der Waals surface area contributed by atoms with E-state index in [1.54, 1.807) is 6.20 Å². The molecule has 20 heavy (non-hydrogen) atoms. The van der Waals surface area contributed by atoms with Crippen LogP contribution in [-0.4, -0.2) is 10.8 Å². The Kier molecular flexibility index (Phi) is 3.36. The first kappa shape index (κ1) is 13.0. The Balaban J connectivity index is 2.10. The Morgan fingerprint density at radius 1 is 1.10 bits per heavy atom. The smallest absolute Gasteiger partial charge is 0.195 e. The molecule has 0 fully saturated rings. The van der Waals surface area contributed by atoms with Crippen LogP contribution in [0.1, 0.15) is 21.5 Å². The second kappa shape index (κ2) is 5.17. The number of rotatable bonds is 2. The zero-order chi connectivity index (χ0) is 14.1. The van der Waals surface area contributed by atoms with Gasteiger partial charge >= 0.3 is 0 Å². The lowest BCUT2D eigenvalue weighted by molar-refractivity contribution is 0.103. The number of benzene rings is 2. The van der Waals surface area contributed by atoms with Crippen molar-refractivity contribution >= 4 is 32.6 Å². The highest BCUT2D eigenvalue weighted by Gasteiger charge is 2.14. The number of fused-ring (bicyclic) bond motifs is 1. The minimum absolute atomic E-state index is 0.0150. The zero-order valence-electron chi connectivity index (χ0n) is 10.9. The minimum Gasteiger partial charge on any atom is -0.289 e. The van der Waals surface area contributed by atoms with Gasteiger partial charge in [0.15, 0.2) is 5.78 Å². The number of halogens is 1. The molecule has 0 radical (unpaired) electrons. The summed E-state index contributed by atoms with van der Waals surface area (Å²) in [5.74, 6) is -0.0150. The molecule has 0 aliphatic heterocycles. The van der Waals surface area contributed by atoms with Crippen molar-refractivity contribution in [2.75, 3.05) is 0 Å². The molecule has 2 nitrogen and oxygen atoms in total. The molecule has 3 aromatic rings. The van der Waals surface area contributed by atoms with Crippen LogP contribution >= 0.6 is 15.9 Å². The first-order valence-corrected chi connectivity index (χ1v) is 7.11. The second-order valence-corrected chi connectivity index (χ2v) is 5.48. The molecule has 0 amide bonds. The van der Waals surface area contributed by atoms with E-state index in [9.17, 15) is 4.79 Å². The number of ketones is 1. The maximum Gasteiger partial charge on any atom is 0.195 e. The first-order valence-electron chi connectivity index (χ1n) is 6.31. The van der Waals surface area contributed by atoms with Gasteiger partial charge in [0.1, 0.15) is 0 Å². The lowest BCUT2D eigenvalue weighted by Gasteiger charge is -2.07. The van der Waals surface area contributed by atoms with Gasteiger partial charge in [0.2, 0.25) is 0 Å². The molecular weight excluding hydrogens is 314 g/mol. The summed E-state index contributed by atoms with van der Waals surface area (Å²) in [7, 11) is 0.